The van der Waals surface area contributed by atoms with Crippen LogP contribution in [0.3, 0.4) is 0 Å². The fourth-order valence-corrected chi connectivity index (χ4v) is 3.39. The van der Waals surface area contributed by atoms with Gasteiger partial charge >= 0.3 is 0 Å². The molecule has 6 heteroatoms. The van der Waals surface area contributed by atoms with E-state index in [-0.39, 0.29) is 11.2 Å². The lowest BCUT2D eigenvalue weighted by atomic mass is 9.99. The third-order valence-corrected chi connectivity index (χ3v) is 3.86. The van der Waals surface area contributed by atoms with Gasteiger partial charge in [-0.15, -0.1) is 5.10 Å². The highest BCUT2D eigenvalue weighted by molar-refractivity contribution is 7.71. The van der Waals surface area contributed by atoms with E-state index in [2.05, 4.69) is 47.4 Å². The molecule has 1 aliphatic carbocycles. The second-order valence-corrected chi connectivity index (χ2v) is 7.29. The lowest BCUT2D eigenvalue weighted by Gasteiger charge is -2.47. The maximum Gasteiger partial charge on any atom is 0.226 e. The van der Waals surface area contributed by atoms with Crippen LogP contribution < -0.4 is 4.90 Å². The number of morpholine rings is 1. The van der Waals surface area contributed by atoms with Crippen LogP contribution in [-0.4, -0.2) is 39.1 Å². The molecule has 19 heavy (non-hydrogen) atoms. The molecule has 1 saturated heterocycles. The van der Waals surface area contributed by atoms with E-state index in [1.807, 2.05) is 0 Å². The topological polar surface area (TPSA) is 46.1 Å². The smallest absolute Gasteiger partial charge is 0.226 e. The first-order chi connectivity index (χ1) is 8.77. The summed E-state index contributed by atoms with van der Waals surface area (Å²) in [6.07, 6.45) is 2.41. The molecule has 106 valence electrons. The Morgan fingerprint density at radius 1 is 1.21 bits per heavy atom. The number of aromatic amines is 1. The molecule has 0 radical (unpaired) electrons. The van der Waals surface area contributed by atoms with Gasteiger partial charge in [-0.25, -0.2) is 5.10 Å². The van der Waals surface area contributed by atoms with Crippen molar-refractivity contribution < 1.29 is 4.74 Å². The highest BCUT2D eigenvalue weighted by Crippen LogP contribution is 2.39. The zero-order valence-electron chi connectivity index (χ0n) is 12.1. The van der Waals surface area contributed by atoms with Crippen molar-refractivity contribution in [2.75, 3.05) is 18.0 Å². The van der Waals surface area contributed by atoms with Crippen molar-refractivity contribution in [3.63, 3.8) is 0 Å². The Labute approximate surface area is 118 Å². The standard InChI is InChI=1S/C13H22N4OS/c1-12(2)7-16(8-13(3,4)18-12)10-14-15-11(19)17(10)9-5-6-9/h9H,5-8H2,1-4H3,(H,15,19). The summed E-state index contributed by atoms with van der Waals surface area (Å²) in [5, 5.41) is 7.39. The number of ether oxygens (including phenoxy) is 1. The van der Waals surface area contributed by atoms with Gasteiger partial charge < -0.3 is 9.64 Å². The van der Waals surface area contributed by atoms with Crippen LogP contribution in [0.15, 0.2) is 0 Å². The maximum absolute atomic E-state index is 6.12. The van der Waals surface area contributed by atoms with Crippen LogP contribution in [0.25, 0.3) is 0 Å². The van der Waals surface area contributed by atoms with E-state index in [1.165, 1.54) is 12.8 Å². The Morgan fingerprint density at radius 2 is 1.79 bits per heavy atom. The number of anilines is 1. The molecule has 0 unspecified atom stereocenters. The van der Waals surface area contributed by atoms with Crippen molar-refractivity contribution in [1.82, 2.24) is 14.8 Å². The fraction of sp³-hybridized carbons (Fsp3) is 0.846. The monoisotopic (exact) mass is 282 g/mol. The lowest BCUT2D eigenvalue weighted by molar-refractivity contribution is -0.133. The SMILES string of the molecule is CC1(C)CN(c2n[nH]c(=S)n2C2CC2)CC(C)(C)O1. The zero-order chi connectivity index (χ0) is 13.8. The quantitative estimate of drug-likeness (QED) is 0.847. The first kappa shape index (κ1) is 13.1. The van der Waals surface area contributed by atoms with Crippen molar-refractivity contribution in [2.45, 2.75) is 57.8 Å². The van der Waals surface area contributed by atoms with Crippen LogP contribution in [0, 0.1) is 4.77 Å². The molecule has 1 aliphatic heterocycles. The summed E-state index contributed by atoms with van der Waals surface area (Å²) in [6, 6.07) is 0.537. The predicted octanol–water partition coefficient (Wildman–Crippen LogP) is 2.67. The molecule has 1 aromatic heterocycles. The van der Waals surface area contributed by atoms with Gasteiger partial charge in [-0.1, -0.05) is 0 Å². The second-order valence-electron chi connectivity index (χ2n) is 6.91. The minimum absolute atomic E-state index is 0.177. The molecule has 2 heterocycles. The first-order valence-electron chi connectivity index (χ1n) is 6.89. The van der Waals surface area contributed by atoms with Gasteiger partial charge in [0.2, 0.25) is 5.95 Å². The first-order valence-corrected chi connectivity index (χ1v) is 7.30. The fourth-order valence-electron chi connectivity index (χ4n) is 3.11. The van der Waals surface area contributed by atoms with E-state index in [9.17, 15) is 0 Å². The van der Waals surface area contributed by atoms with E-state index >= 15 is 0 Å². The number of hydrogen-bond acceptors (Lipinski definition) is 4. The minimum Gasteiger partial charge on any atom is -0.366 e. The van der Waals surface area contributed by atoms with Crippen molar-refractivity contribution in [2.24, 2.45) is 0 Å². The van der Waals surface area contributed by atoms with E-state index in [4.69, 9.17) is 17.0 Å². The van der Waals surface area contributed by atoms with Crippen molar-refractivity contribution in [1.29, 1.82) is 0 Å². The Morgan fingerprint density at radius 3 is 2.32 bits per heavy atom. The second kappa shape index (κ2) is 4.06. The van der Waals surface area contributed by atoms with Crippen LogP contribution >= 0.6 is 12.2 Å². The maximum atomic E-state index is 6.12. The van der Waals surface area contributed by atoms with Crippen molar-refractivity contribution in [3.8, 4) is 0 Å². The summed E-state index contributed by atoms with van der Waals surface area (Å²) in [5.74, 6) is 0.969. The molecule has 2 aliphatic rings. The summed E-state index contributed by atoms with van der Waals surface area (Å²) >= 11 is 5.36. The summed E-state index contributed by atoms with van der Waals surface area (Å²) in [5.41, 5.74) is -0.354. The van der Waals surface area contributed by atoms with Crippen LogP contribution in [0.1, 0.15) is 46.6 Å². The van der Waals surface area contributed by atoms with Gasteiger partial charge in [0.1, 0.15) is 0 Å². The van der Waals surface area contributed by atoms with E-state index in [0.29, 0.717) is 6.04 Å². The summed E-state index contributed by atoms with van der Waals surface area (Å²) in [4.78, 5) is 2.30. The molecule has 0 atom stereocenters. The average Bonchev–Trinajstić information content (AvgIpc) is 2.97. The molecule has 1 N–H and O–H groups in total. The van der Waals surface area contributed by atoms with Gasteiger partial charge in [-0.2, -0.15) is 0 Å². The number of nitrogens with zero attached hydrogens (tertiary/aromatic N) is 3. The molecule has 5 nitrogen and oxygen atoms in total. The van der Waals surface area contributed by atoms with Gasteiger partial charge in [0.05, 0.1) is 11.2 Å². The Kier molecular flexibility index (Phi) is 2.80. The molecule has 1 saturated carbocycles. The molecule has 3 rings (SSSR count). The molecular weight excluding hydrogens is 260 g/mol. The number of rotatable bonds is 2. The largest absolute Gasteiger partial charge is 0.366 e. The lowest BCUT2D eigenvalue weighted by Crippen LogP contribution is -2.57. The van der Waals surface area contributed by atoms with Gasteiger partial charge in [0.25, 0.3) is 0 Å². The van der Waals surface area contributed by atoms with Crippen LogP contribution in [0.4, 0.5) is 5.95 Å². The van der Waals surface area contributed by atoms with Crippen LogP contribution in [0.5, 0.6) is 0 Å². The molecule has 2 fully saturated rings. The Bertz CT molecular complexity index is 525. The molecular formula is C13H22N4OS. The minimum atomic E-state index is -0.177. The van der Waals surface area contributed by atoms with Crippen LogP contribution in [0.2, 0.25) is 0 Å². The highest BCUT2D eigenvalue weighted by atomic mass is 32.1. The molecule has 0 spiro atoms. The highest BCUT2D eigenvalue weighted by Gasteiger charge is 2.40. The van der Waals surface area contributed by atoms with Gasteiger partial charge in [-0.05, 0) is 52.8 Å². The number of H-pyrrole nitrogens is 1. The Hall–Kier alpha value is -0.880. The summed E-state index contributed by atoms with van der Waals surface area (Å²) in [7, 11) is 0. The summed E-state index contributed by atoms with van der Waals surface area (Å²) in [6.45, 7) is 10.2. The average molecular weight is 282 g/mol. The predicted molar refractivity (Wildman–Crippen MR) is 77.1 cm³/mol. The number of nitrogens with one attached hydrogen (secondary N) is 1. The van der Waals surface area contributed by atoms with Crippen molar-refractivity contribution >= 4 is 18.2 Å². The number of hydrogen-bond donors (Lipinski definition) is 1. The molecule has 0 bridgehead atoms. The van der Waals surface area contributed by atoms with E-state index in [0.717, 1.165) is 23.8 Å². The summed E-state index contributed by atoms with van der Waals surface area (Å²) < 4.78 is 9.03. The van der Waals surface area contributed by atoms with E-state index < -0.39 is 0 Å². The van der Waals surface area contributed by atoms with Gasteiger partial charge in [0, 0.05) is 19.1 Å². The third kappa shape index (κ3) is 2.56. The van der Waals surface area contributed by atoms with Gasteiger partial charge in [0.15, 0.2) is 4.77 Å². The zero-order valence-corrected chi connectivity index (χ0v) is 12.9. The van der Waals surface area contributed by atoms with E-state index in [1.54, 1.807) is 0 Å². The number of aromatic nitrogens is 3. The Balaban J connectivity index is 1.95. The third-order valence-electron chi connectivity index (χ3n) is 3.58. The molecule has 1 aromatic rings. The molecule has 0 amide bonds. The van der Waals surface area contributed by atoms with Crippen LogP contribution in [-0.2, 0) is 4.74 Å². The molecule has 0 aromatic carbocycles. The van der Waals surface area contributed by atoms with Gasteiger partial charge in [-0.3, -0.25) is 4.57 Å². The van der Waals surface area contributed by atoms with Crippen molar-refractivity contribution in [3.05, 3.63) is 4.77 Å². The normalized spacial score (nSPS) is 25.6.